The number of aromatic nitrogens is 3. The molecule has 0 radical (unpaired) electrons. The number of nitrogens with zero attached hydrogens (tertiary/aromatic N) is 4. The first-order valence-electron chi connectivity index (χ1n) is 8.36. The van der Waals surface area contributed by atoms with E-state index in [1.165, 1.54) is 11.8 Å². The molecule has 3 aromatic heterocycles. The molecule has 3 heterocycles. The van der Waals surface area contributed by atoms with Gasteiger partial charge in [-0.1, -0.05) is 30.0 Å². The average molecular weight is 376 g/mol. The summed E-state index contributed by atoms with van der Waals surface area (Å²) >= 11 is 1.40. The molecule has 0 aliphatic heterocycles. The first-order chi connectivity index (χ1) is 13.2. The fourth-order valence-electron chi connectivity index (χ4n) is 2.76. The minimum Gasteiger partial charge on any atom is -0.484 e. The third-order valence-electron chi connectivity index (χ3n) is 4.03. The van der Waals surface area contributed by atoms with Crippen molar-refractivity contribution in [2.45, 2.75) is 24.5 Å². The Bertz CT molecular complexity index is 1130. The number of nitriles is 1. The highest BCUT2D eigenvalue weighted by atomic mass is 32.2. The lowest BCUT2D eigenvalue weighted by Crippen LogP contribution is -1.95. The third-order valence-corrected chi connectivity index (χ3v) is 4.89. The van der Waals surface area contributed by atoms with Crippen LogP contribution in [0.15, 0.2) is 64.5 Å². The molecule has 1 aromatic carbocycles. The van der Waals surface area contributed by atoms with Crippen molar-refractivity contribution < 1.29 is 9.15 Å². The van der Waals surface area contributed by atoms with Crippen molar-refractivity contribution >= 4 is 17.3 Å². The molecule has 6 nitrogen and oxygen atoms in total. The highest BCUT2D eigenvalue weighted by molar-refractivity contribution is 7.98. The van der Waals surface area contributed by atoms with Crippen LogP contribution in [0.2, 0.25) is 0 Å². The second-order valence-corrected chi connectivity index (χ2v) is 6.92. The molecule has 134 valence electrons. The summed E-state index contributed by atoms with van der Waals surface area (Å²) in [5.41, 5.74) is 3.63. The zero-order valence-corrected chi connectivity index (χ0v) is 15.4. The molecule has 0 unspecified atom stereocenters. The summed E-state index contributed by atoms with van der Waals surface area (Å²) in [6, 6.07) is 15.9. The summed E-state index contributed by atoms with van der Waals surface area (Å²) < 4.78 is 13.3. The topological polar surface area (TPSA) is 76.3 Å². The molecule has 0 saturated carbocycles. The smallest absolute Gasteiger partial charge is 0.277 e. The van der Waals surface area contributed by atoms with Crippen LogP contribution >= 0.6 is 11.8 Å². The Balaban J connectivity index is 1.41. The first kappa shape index (κ1) is 17.2. The minimum absolute atomic E-state index is 0.219. The summed E-state index contributed by atoms with van der Waals surface area (Å²) in [7, 11) is 0. The molecule has 0 spiro atoms. The molecule has 0 aliphatic carbocycles. The summed E-state index contributed by atoms with van der Waals surface area (Å²) in [6.07, 6.45) is 3.89. The third kappa shape index (κ3) is 3.81. The molecule has 0 atom stereocenters. The van der Waals surface area contributed by atoms with Gasteiger partial charge < -0.3 is 13.6 Å². The van der Waals surface area contributed by atoms with Crippen LogP contribution < -0.4 is 4.74 Å². The number of fused-ring (bicyclic) bond motifs is 1. The predicted octanol–water partition coefficient (Wildman–Crippen LogP) is 4.37. The molecular formula is C20H16N4O2S. The molecule has 0 bridgehead atoms. The Kier molecular flexibility index (Phi) is 4.81. The van der Waals surface area contributed by atoms with Crippen LogP contribution in [0.3, 0.4) is 0 Å². The van der Waals surface area contributed by atoms with Crippen molar-refractivity contribution in [1.82, 2.24) is 14.6 Å². The number of rotatable bonds is 6. The van der Waals surface area contributed by atoms with E-state index >= 15 is 0 Å². The molecule has 0 saturated heterocycles. The Morgan fingerprint density at radius 3 is 3.00 bits per heavy atom. The van der Waals surface area contributed by atoms with Crippen molar-refractivity contribution in [3.05, 3.63) is 77.4 Å². The van der Waals surface area contributed by atoms with E-state index in [0.29, 0.717) is 22.4 Å². The Hall–Kier alpha value is -3.24. The fraction of sp³-hybridized carbons (Fsp3) is 0.150. The number of thioether (sulfide) groups is 1. The molecule has 7 heteroatoms. The second kappa shape index (κ2) is 7.56. The van der Waals surface area contributed by atoms with Crippen molar-refractivity contribution in [3.63, 3.8) is 0 Å². The predicted molar refractivity (Wildman–Crippen MR) is 101 cm³/mol. The highest BCUT2D eigenvalue weighted by Crippen LogP contribution is 2.26. The number of ether oxygens (including phenoxy) is 1. The van der Waals surface area contributed by atoms with Crippen molar-refractivity contribution in [2.75, 3.05) is 0 Å². The maximum Gasteiger partial charge on any atom is 0.277 e. The molecular weight excluding hydrogens is 360 g/mol. The van der Waals surface area contributed by atoms with E-state index < -0.39 is 0 Å². The molecule has 4 aromatic rings. The summed E-state index contributed by atoms with van der Waals surface area (Å²) in [5, 5.41) is 18.0. The molecule has 4 rings (SSSR count). The van der Waals surface area contributed by atoms with Gasteiger partial charge in [-0.25, -0.2) is 0 Å². The Labute approximate surface area is 160 Å². The standard InChI is InChI=1S/C20H16N4O2S/c1-14-5-4-6-16(9-14)25-12-19-22-23-20(26-19)27-13-15-11-24-8-3-2-7-18(24)17(15)10-21/h2-9,11H,12-13H2,1H3. The highest BCUT2D eigenvalue weighted by Gasteiger charge is 2.13. The van der Waals surface area contributed by atoms with Gasteiger partial charge in [0.15, 0.2) is 6.61 Å². The minimum atomic E-state index is 0.219. The normalized spacial score (nSPS) is 10.8. The van der Waals surface area contributed by atoms with Crippen molar-refractivity contribution in [1.29, 1.82) is 5.26 Å². The van der Waals surface area contributed by atoms with E-state index in [9.17, 15) is 5.26 Å². The maximum absolute atomic E-state index is 9.46. The number of pyridine rings is 1. The monoisotopic (exact) mass is 376 g/mol. The van der Waals surface area contributed by atoms with Crippen LogP contribution in [0, 0.1) is 18.3 Å². The molecule has 27 heavy (non-hydrogen) atoms. The summed E-state index contributed by atoms with van der Waals surface area (Å²) in [5.74, 6) is 1.76. The summed E-state index contributed by atoms with van der Waals surface area (Å²) in [6.45, 7) is 2.23. The Morgan fingerprint density at radius 1 is 1.22 bits per heavy atom. The van der Waals surface area contributed by atoms with E-state index in [1.54, 1.807) is 0 Å². The van der Waals surface area contributed by atoms with Gasteiger partial charge in [-0.3, -0.25) is 0 Å². The van der Waals surface area contributed by atoms with Crippen molar-refractivity contribution in [3.8, 4) is 11.8 Å². The number of hydrogen-bond donors (Lipinski definition) is 0. The van der Waals surface area contributed by atoms with Gasteiger partial charge in [0.05, 0.1) is 11.1 Å². The van der Waals surface area contributed by atoms with Crippen LogP contribution in [0.1, 0.15) is 22.6 Å². The maximum atomic E-state index is 9.46. The molecule has 0 N–H and O–H groups in total. The molecule has 0 fully saturated rings. The van der Waals surface area contributed by atoms with Crippen LogP contribution in [0.4, 0.5) is 0 Å². The molecule has 0 aliphatic rings. The van der Waals surface area contributed by atoms with Crippen molar-refractivity contribution in [2.24, 2.45) is 0 Å². The second-order valence-electron chi connectivity index (χ2n) is 5.99. The lowest BCUT2D eigenvalue weighted by molar-refractivity contribution is 0.252. The van der Waals surface area contributed by atoms with E-state index in [-0.39, 0.29) is 6.61 Å². The molecule has 0 amide bonds. The van der Waals surface area contributed by atoms with E-state index in [1.807, 2.05) is 66.2 Å². The van der Waals surface area contributed by atoms with Gasteiger partial charge in [0.2, 0.25) is 0 Å². The quantitative estimate of drug-likeness (QED) is 0.465. The van der Waals surface area contributed by atoms with E-state index in [2.05, 4.69) is 16.3 Å². The largest absolute Gasteiger partial charge is 0.484 e. The van der Waals surface area contributed by atoms with E-state index in [4.69, 9.17) is 9.15 Å². The lowest BCUT2D eigenvalue weighted by atomic mass is 10.2. The zero-order chi connectivity index (χ0) is 18.6. The van der Waals surface area contributed by atoms with Crippen LogP contribution in [-0.4, -0.2) is 14.6 Å². The first-order valence-corrected chi connectivity index (χ1v) is 9.35. The van der Waals surface area contributed by atoms with Gasteiger partial charge in [0, 0.05) is 18.1 Å². The summed E-state index contributed by atoms with van der Waals surface area (Å²) in [4.78, 5) is 0. The fourth-order valence-corrected chi connectivity index (χ4v) is 3.51. The van der Waals surface area contributed by atoms with E-state index in [0.717, 1.165) is 22.4 Å². The van der Waals surface area contributed by atoms with Gasteiger partial charge in [0.25, 0.3) is 11.1 Å². The van der Waals surface area contributed by atoms with Gasteiger partial charge in [-0.2, -0.15) is 5.26 Å². The van der Waals surface area contributed by atoms with Gasteiger partial charge >= 0.3 is 0 Å². The van der Waals surface area contributed by atoms with Crippen LogP contribution in [-0.2, 0) is 12.4 Å². The van der Waals surface area contributed by atoms with Gasteiger partial charge in [-0.15, -0.1) is 10.2 Å². The van der Waals surface area contributed by atoms with Gasteiger partial charge in [-0.05, 0) is 42.3 Å². The van der Waals surface area contributed by atoms with Gasteiger partial charge in [0.1, 0.15) is 11.8 Å². The Morgan fingerprint density at radius 2 is 2.15 bits per heavy atom. The van der Waals surface area contributed by atoms with Crippen LogP contribution in [0.5, 0.6) is 5.75 Å². The lowest BCUT2D eigenvalue weighted by Gasteiger charge is -2.03. The zero-order valence-electron chi connectivity index (χ0n) is 14.6. The number of benzene rings is 1. The average Bonchev–Trinajstić information content (AvgIpc) is 3.28. The number of aryl methyl sites for hydroxylation is 1. The van der Waals surface area contributed by atoms with Crippen LogP contribution in [0.25, 0.3) is 5.52 Å². The SMILES string of the molecule is Cc1cccc(OCc2nnc(SCc3cn4ccccc4c3C#N)o2)c1. The number of hydrogen-bond acceptors (Lipinski definition) is 6.